The molecule has 0 aliphatic heterocycles. The number of nitriles is 1. The van der Waals surface area contributed by atoms with Gasteiger partial charge in [0.05, 0.1) is 16.7 Å². The topological polar surface area (TPSA) is 23.8 Å². The van der Waals surface area contributed by atoms with E-state index in [1.807, 2.05) is 6.07 Å². The summed E-state index contributed by atoms with van der Waals surface area (Å²) in [5.74, 6) is -1.10. The van der Waals surface area contributed by atoms with Gasteiger partial charge < -0.3 is 0 Å². The van der Waals surface area contributed by atoms with Gasteiger partial charge in [-0.1, -0.05) is 35.9 Å². The van der Waals surface area contributed by atoms with Crippen molar-refractivity contribution >= 4 is 23.3 Å². The molecule has 2 aromatic carbocycles. The van der Waals surface area contributed by atoms with Gasteiger partial charge in [-0.3, -0.25) is 0 Å². The van der Waals surface area contributed by atoms with Gasteiger partial charge in [0, 0.05) is 11.1 Å². The van der Waals surface area contributed by atoms with Crippen LogP contribution >= 0.6 is 11.6 Å². The van der Waals surface area contributed by atoms with Crippen LogP contribution in [0.2, 0.25) is 5.02 Å². The van der Waals surface area contributed by atoms with Crippen LogP contribution in [0.4, 0.5) is 8.78 Å². The molecule has 0 amide bonds. The SMILES string of the molecule is N#C/C(=C/c1c(F)cccc1Cl)c1ccccc1F. The summed E-state index contributed by atoms with van der Waals surface area (Å²) < 4.78 is 27.2. The van der Waals surface area contributed by atoms with Crippen LogP contribution in [0, 0.1) is 23.0 Å². The van der Waals surface area contributed by atoms with Crippen LogP contribution in [0.5, 0.6) is 0 Å². The fourth-order valence-corrected chi connectivity index (χ4v) is 1.86. The predicted octanol–water partition coefficient (Wildman–Crippen LogP) is 4.68. The number of allylic oxidation sites excluding steroid dienone is 1. The van der Waals surface area contributed by atoms with Crippen LogP contribution in [0.3, 0.4) is 0 Å². The van der Waals surface area contributed by atoms with Crippen molar-refractivity contribution in [1.29, 1.82) is 5.26 Å². The molecule has 4 heteroatoms. The first-order valence-electron chi connectivity index (χ1n) is 5.44. The molecule has 0 saturated heterocycles. The molecule has 0 aliphatic rings. The average Bonchev–Trinajstić information content (AvgIpc) is 2.40. The Balaban J connectivity index is 2.58. The van der Waals surface area contributed by atoms with Crippen molar-refractivity contribution in [3.63, 3.8) is 0 Å². The molecular formula is C15H8ClF2N. The monoisotopic (exact) mass is 275 g/mol. The second-order valence-electron chi connectivity index (χ2n) is 3.78. The zero-order valence-electron chi connectivity index (χ0n) is 9.70. The Bertz CT molecular complexity index is 667. The van der Waals surface area contributed by atoms with E-state index in [2.05, 4.69) is 0 Å². The third kappa shape index (κ3) is 2.81. The molecule has 94 valence electrons. The van der Waals surface area contributed by atoms with Gasteiger partial charge >= 0.3 is 0 Å². The lowest BCUT2D eigenvalue weighted by atomic mass is 10.0. The van der Waals surface area contributed by atoms with Crippen LogP contribution in [0.1, 0.15) is 11.1 Å². The van der Waals surface area contributed by atoms with E-state index in [1.54, 1.807) is 6.07 Å². The maximum Gasteiger partial charge on any atom is 0.131 e. The molecule has 0 heterocycles. The number of halogens is 3. The second kappa shape index (κ2) is 5.64. The van der Waals surface area contributed by atoms with Crippen molar-refractivity contribution in [3.8, 4) is 6.07 Å². The Morgan fingerprint density at radius 2 is 1.74 bits per heavy atom. The van der Waals surface area contributed by atoms with Gasteiger partial charge in [-0.15, -0.1) is 0 Å². The Labute approximate surface area is 114 Å². The van der Waals surface area contributed by atoms with Crippen molar-refractivity contribution in [2.75, 3.05) is 0 Å². The van der Waals surface area contributed by atoms with Gasteiger partial charge in [0.1, 0.15) is 11.6 Å². The minimum atomic E-state index is -0.559. The molecule has 0 atom stereocenters. The van der Waals surface area contributed by atoms with E-state index in [9.17, 15) is 8.78 Å². The Morgan fingerprint density at radius 1 is 1.05 bits per heavy atom. The van der Waals surface area contributed by atoms with Gasteiger partial charge in [0.25, 0.3) is 0 Å². The van der Waals surface area contributed by atoms with E-state index in [1.165, 1.54) is 42.5 Å². The summed E-state index contributed by atoms with van der Waals surface area (Å²) in [7, 11) is 0. The first kappa shape index (κ1) is 13.3. The van der Waals surface area contributed by atoms with E-state index < -0.39 is 11.6 Å². The quantitative estimate of drug-likeness (QED) is 0.576. The number of nitrogens with zero attached hydrogens (tertiary/aromatic N) is 1. The Kier molecular flexibility index (Phi) is 3.94. The van der Waals surface area contributed by atoms with Gasteiger partial charge in [-0.2, -0.15) is 5.26 Å². The average molecular weight is 276 g/mol. The molecule has 0 bridgehead atoms. The van der Waals surface area contributed by atoms with Crippen LogP contribution in [0.15, 0.2) is 42.5 Å². The second-order valence-corrected chi connectivity index (χ2v) is 4.19. The highest BCUT2D eigenvalue weighted by Crippen LogP contribution is 2.26. The van der Waals surface area contributed by atoms with Crippen molar-refractivity contribution < 1.29 is 8.78 Å². The van der Waals surface area contributed by atoms with Crippen molar-refractivity contribution in [3.05, 3.63) is 70.2 Å². The highest BCUT2D eigenvalue weighted by Gasteiger charge is 2.10. The molecule has 0 N–H and O–H groups in total. The van der Waals surface area contributed by atoms with Crippen molar-refractivity contribution in [1.82, 2.24) is 0 Å². The molecule has 1 nitrogen and oxygen atoms in total. The zero-order chi connectivity index (χ0) is 13.8. The van der Waals surface area contributed by atoms with Gasteiger partial charge in [0.15, 0.2) is 0 Å². The van der Waals surface area contributed by atoms with Gasteiger partial charge in [-0.05, 0) is 24.3 Å². The van der Waals surface area contributed by atoms with Crippen LogP contribution in [-0.2, 0) is 0 Å². The summed E-state index contributed by atoms with van der Waals surface area (Å²) in [5.41, 5.74) is 0.207. The first-order chi connectivity index (χ1) is 9.13. The first-order valence-corrected chi connectivity index (χ1v) is 5.82. The van der Waals surface area contributed by atoms with E-state index in [4.69, 9.17) is 16.9 Å². The maximum absolute atomic E-state index is 13.6. The third-order valence-electron chi connectivity index (χ3n) is 2.57. The largest absolute Gasteiger partial charge is 0.206 e. The minimum absolute atomic E-state index is 0.0186. The number of hydrogen-bond acceptors (Lipinski definition) is 1. The maximum atomic E-state index is 13.6. The molecule has 0 saturated carbocycles. The Morgan fingerprint density at radius 3 is 2.37 bits per heavy atom. The summed E-state index contributed by atoms with van der Waals surface area (Å²) in [6.07, 6.45) is 1.25. The van der Waals surface area contributed by atoms with E-state index >= 15 is 0 Å². The Hall–Kier alpha value is -2.18. The van der Waals surface area contributed by atoms with Crippen molar-refractivity contribution in [2.24, 2.45) is 0 Å². The molecule has 0 fully saturated rings. The lowest BCUT2D eigenvalue weighted by molar-refractivity contribution is 0.623. The summed E-state index contributed by atoms with van der Waals surface area (Å²) in [5, 5.41) is 9.27. The molecule has 19 heavy (non-hydrogen) atoms. The molecule has 0 aromatic heterocycles. The van der Waals surface area contributed by atoms with Crippen molar-refractivity contribution in [2.45, 2.75) is 0 Å². The number of hydrogen-bond donors (Lipinski definition) is 0. The number of benzene rings is 2. The van der Waals surface area contributed by atoms with Gasteiger partial charge in [0.2, 0.25) is 0 Å². The minimum Gasteiger partial charge on any atom is -0.206 e. The molecule has 2 rings (SSSR count). The van der Waals surface area contributed by atoms with Gasteiger partial charge in [-0.25, -0.2) is 8.78 Å². The van der Waals surface area contributed by atoms with E-state index in [0.717, 1.165) is 0 Å². The molecular weight excluding hydrogens is 268 g/mol. The lowest BCUT2D eigenvalue weighted by Crippen LogP contribution is -1.89. The smallest absolute Gasteiger partial charge is 0.131 e. The highest BCUT2D eigenvalue weighted by molar-refractivity contribution is 6.32. The van der Waals surface area contributed by atoms with Crippen LogP contribution < -0.4 is 0 Å². The normalized spacial score (nSPS) is 11.2. The fraction of sp³-hybridized carbons (Fsp3) is 0. The third-order valence-corrected chi connectivity index (χ3v) is 2.90. The van der Waals surface area contributed by atoms with Crippen LogP contribution in [-0.4, -0.2) is 0 Å². The highest BCUT2D eigenvalue weighted by atomic mass is 35.5. The molecule has 2 aromatic rings. The summed E-state index contributed by atoms with van der Waals surface area (Å²) in [4.78, 5) is 0. The van der Waals surface area contributed by atoms with Crippen LogP contribution in [0.25, 0.3) is 11.6 Å². The summed E-state index contributed by atoms with van der Waals surface area (Å²) >= 11 is 5.87. The predicted molar refractivity (Wildman–Crippen MR) is 71.3 cm³/mol. The summed E-state index contributed by atoms with van der Waals surface area (Å²) in [6, 6.07) is 11.9. The summed E-state index contributed by atoms with van der Waals surface area (Å²) in [6.45, 7) is 0. The van der Waals surface area contributed by atoms with E-state index in [-0.39, 0.29) is 21.7 Å². The number of rotatable bonds is 2. The molecule has 0 aliphatic carbocycles. The lowest BCUT2D eigenvalue weighted by Gasteiger charge is -2.03. The molecule has 0 spiro atoms. The molecule has 0 radical (unpaired) electrons. The zero-order valence-corrected chi connectivity index (χ0v) is 10.5. The standard InChI is InChI=1S/C15H8ClF2N/c16-13-5-3-7-15(18)12(13)8-10(9-19)11-4-1-2-6-14(11)17/h1-8H/b10-8-. The van der Waals surface area contributed by atoms with E-state index in [0.29, 0.717) is 0 Å². The molecule has 0 unspecified atom stereocenters. The fourth-order valence-electron chi connectivity index (χ4n) is 1.64.